The second kappa shape index (κ2) is 4.87. The number of ether oxygens (including phenoxy) is 1. The third-order valence-corrected chi connectivity index (χ3v) is 1.96. The molecule has 1 heterocycles. The molecule has 0 amide bonds. The molecule has 0 saturated carbocycles. The van der Waals surface area contributed by atoms with Crippen LogP contribution in [0, 0.1) is 28.4 Å². The Balaban J connectivity index is 3.42. The second-order valence-corrected chi connectivity index (χ2v) is 3.18. The minimum atomic E-state index is -5.01. The highest BCUT2D eigenvalue weighted by molar-refractivity contribution is 5.51. The van der Waals surface area contributed by atoms with E-state index in [0.717, 1.165) is 6.20 Å². The molecule has 0 atom stereocenters. The number of rotatable bonds is 3. The van der Waals surface area contributed by atoms with Crippen molar-refractivity contribution in [3.05, 3.63) is 27.6 Å². The highest BCUT2D eigenvalue weighted by Crippen LogP contribution is 2.34. The Hall–Kier alpha value is -2.37. The van der Waals surface area contributed by atoms with Crippen LogP contribution in [0.3, 0.4) is 0 Å². The molecule has 0 fully saturated rings. The number of alkyl halides is 3. The van der Waals surface area contributed by atoms with E-state index in [9.17, 15) is 23.3 Å². The highest BCUT2D eigenvalue weighted by atomic mass is 19.4. The SMILES string of the molecule is Cc1ncc([N+](=O)[O-])c(CC#N)c1OC(F)(F)F. The zero-order valence-corrected chi connectivity index (χ0v) is 8.98. The first-order chi connectivity index (χ1) is 8.26. The normalized spacial score (nSPS) is 10.8. The Morgan fingerprint density at radius 2 is 2.22 bits per heavy atom. The topological polar surface area (TPSA) is 89.0 Å². The monoisotopic (exact) mass is 261 g/mol. The van der Waals surface area contributed by atoms with Crippen molar-refractivity contribution in [1.29, 1.82) is 5.26 Å². The van der Waals surface area contributed by atoms with Gasteiger partial charge in [-0.2, -0.15) is 5.26 Å². The average molecular weight is 261 g/mol. The van der Waals surface area contributed by atoms with Gasteiger partial charge in [-0.25, -0.2) is 0 Å². The number of hydrogen-bond acceptors (Lipinski definition) is 5. The van der Waals surface area contributed by atoms with E-state index < -0.39 is 34.7 Å². The van der Waals surface area contributed by atoms with Gasteiger partial charge in [0.1, 0.15) is 6.20 Å². The standard InChI is InChI=1S/C9H6F3N3O3/c1-5-8(18-9(10,11)12)6(2-3-13)7(4-14-5)15(16)17/h4H,2H2,1H3. The Morgan fingerprint density at radius 3 is 2.67 bits per heavy atom. The number of pyridine rings is 1. The zero-order chi connectivity index (χ0) is 13.9. The quantitative estimate of drug-likeness (QED) is 0.615. The molecule has 6 nitrogen and oxygen atoms in total. The van der Waals surface area contributed by atoms with Gasteiger partial charge in [0.2, 0.25) is 0 Å². The van der Waals surface area contributed by atoms with Crippen LogP contribution in [0.25, 0.3) is 0 Å². The number of nitro groups is 1. The van der Waals surface area contributed by atoms with Crippen molar-refractivity contribution in [3.63, 3.8) is 0 Å². The molecular weight excluding hydrogens is 255 g/mol. The summed E-state index contributed by atoms with van der Waals surface area (Å²) in [6.45, 7) is 1.20. The molecule has 0 radical (unpaired) electrons. The summed E-state index contributed by atoms with van der Waals surface area (Å²) >= 11 is 0. The van der Waals surface area contributed by atoms with E-state index in [1.54, 1.807) is 6.07 Å². The maximum atomic E-state index is 12.2. The molecule has 96 valence electrons. The predicted octanol–water partition coefficient (Wildman–Crippen LogP) is 2.26. The van der Waals surface area contributed by atoms with Gasteiger partial charge in [0.25, 0.3) is 5.69 Å². The molecule has 1 rings (SSSR count). The van der Waals surface area contributed by atoms with E-state index in [1.807, 2.05) is 0 Å². The van der Waals surface area contributed by atoms with Crippen LogP contribution in [0.2, 0.25) is 0 Å². The van der Waals surface area contributed by atoms with E-state index in [4.69, 9.17) is 5.26 Å². The fourth-order valence-electron chi connectivity index (χ4n) is 1.29. The maximum absolute atomic E-state index is 12.2. The zero-order valence-electron chi connectivity index (χ0n) is 8.98. The number of nitriles is 1. The smallest absolute Gasteiger partial charge is 0.403 e. The van der Waals surface area contributed by atoms with Crippen LogP contribution in [-0.2, 0) is 6.42 Å². The Morgan fingerprint density at radius 1 is 1.61 bits per heavy atom. The number of hydrogen-bond donors (Lipinski definition) is 0. The molecule has 0 aromatic carbocycles. The van der Waals surface area contributed by atoms with Crippen LogP contribution >= 0.6 is 0 Å². The van der Waals surface area contributed by atoms with Crippen molar-refractivity contribution in [3.8, 4) is 11.8 Å². The van der Waals surface area contributed by atoms with Crippen LogP contribution in [-0.4, -0.2) is 16.3 Å². The van der Waals surface area contributed by atoms with Gasteiger partial charge in [-0.05, 0) is 6.92 Å². The molecular formula is C9H6F3N3O3. The van der Waals surface area contributed by atoms with Gasteiger partial charge in [0.05, 0.1) is 28.7 Å². The van der Waals surface area contributed by atoms with Crippen molar-refractivity contribution in [1.82, 2.24) is 4.98 Å². The molecule has 9 heteroatoms. The molecule has 0 aliphatic carbocycles. The molecule has 0 N–H and O–H groups in total. The van der Waals surface area contributed by atoms with Gasteiger partial charge in [-0.1, -0.05) is 0 Å². The minimum absolute atomic E-state index is 0.178. The second-order valence-electron chi connectivity index (χ2n) is 3.18. The third kappa shape index (κ3) is 3.07. The summed E-state index contributed by atoms with van der Waals surface area (Å²) in [5, 5.41) is 19.2. The summed E-state index contributed by atoms with van der Waals surface area (Å²) in [7, 11) is 0. The van der Waals surface area contributed by atoms with E-state index in [2.05, 4.69) is 9.72 Å². The number of aromatic nitrogens is 1. The molecule has 0 aliphatic heterocycles. The van der Waals surface area contributed by atoms with Crippen molar-refractivity contribution in [2.45, 2.75) is 19.7 Å². The van der Waals surface area contributed by atoms with E-state index in [1.165, 1.54) is 6.92 Å². The van der Waals surface area contributed by atoms with Crippen molar-refractivity contribution < 1.29 is 22.8 Å². The third-order valence-electron chi connectivity index (χ3n) is 1.96. The van der Waals surface area contributed by atoms with Gasteiger partial charge in [0, 0.05) is 0 Å². The molecule has 1 aromatic rings. The fraction of sp³-hybridized carbons (Fsp3) is 0.333. The molecule has 0 saturated heterocycles. The summed E-state index contributed by atoms with van der Waals surface area (Å²) in [5.41, 5.74) is -1.29. The lowest BCUT2D eigenvalue weighted by Gasteiger charge is -2.13. The van der Waals surface area contributed by atoms with E-state index in [0.29, 0.717) is 0 Å². The average Bonchev–Trinajstić information content (AvgIpc) is 2.21. The van der Waals surface area contributed by atoms with Crippen molar-refractivity contribution in [2.75, 3.05) is 0 Å². The van der Waals surface area contributed by atoms with Gasteiger partial charge < -0.3 is 4.74 Å². The highest BCUT2D eigenvalue weighted by Gasteiger charge is 2.35. The van der Waals surface area contributed by atoms with Gasteiger partial charge >= 0.3 is 6.36 Å². The van der Waals surface area contributed by atoms with Crippen LogP contribution in [0.15, 0.2) is 6.20 Å². The lowest BCUT2D eigenvalue weighted by molar-refractivity contribution is -0.386. The lowest BCUT2D eigenvalue weighted by atomic mass is 10.1. The van der Waals surface area contributed by atoms with Crippen LogP contribution in [0.4, 0.5) is 18.9 Å². The first kappa shape index (κ1) is 13.7. The van der Waals surface area contributed by atoms with Crippen molar-refractivity contribution in [2.24, 2.45) is 0 Å². The van der Waals surface area contributed by atoms with Gasteiger partial charge in [0.15, 0.2) is 5.75 Å². The number of nitrogens with zero attached hydrogens (tertiary/aromatic N) is 3. The van der Waals surface area contributed by atoms with Crippen LogP contribution in [0.5, 0.6) is 5.75 Å². The Bertz CT molecular complexity index is 522. The first-order valence-corrected chi connectivity index (χ1v) is 4.52. The van der Waals surface area contributed by atoms with Crippen molar-refractivity contribution >= 4 is 5.69 Å². The largest absolute Gasteiger partial charge is 0.573 e. The number of halogens is 3. The lowest BCUT2D eigenvalue weighted by Crippen LogP contribution is -2.19. The molecule has 0 bridgehead atoms. The predicted molar refractivity (Wildman–Crippen MR) is 51.6 cm³/mol. The minimum Gasteiger partial charge on any atom is -0.403 e. The molecule has 1 aromatic heterocycles. The summed E-state index contributed by atoms with van der Waals surface area (Å²) in [6, 6.07) is 1.55. The first-order valence-electron chi connectivity index (χ1n) is 4.52. The van der Waals surface area contributed by atoms with Gasteiger partial charge in [-0.15, -0.1) is 13.2 Å². The fourth-order valence-corrected chi connectivity index (χ4v) is 1.29. The Labute approximate surface area is 98.8 Å². The molecule has 0 spiro atoms. The van der Waals surface area contributed by atoms with E-state index in [-0.39, 0.29) is 5.69 Å². The van der Waals surface area contributed by atoms with Crippen LogP contribution < -0.4 is 4.74 Å². The summed E-state index contributed by atoms with van der Waals surface area (Å²) in [5.74, 6) is -0.793. The van der Waals surface area contributed by atoms with Crippen LogP contribution in [0.1, 0.15) is 11.3 Å². The summed E-state index contributed by atoms with van der Waals surface area (Å²) in [6.07, 6.45) is -4.79. The van der Waals surface area contributed by atoms with E-state index >= 15 is 0 Å². The molecule has 0 unspecified atom stereocenters. The Kier molecular flexibility index (Phi) is 3.70. The maximum Gasteiger partial charge on any atom is 0.573 e. The molecule has 0 aliphatic rings. The molecule has 18 heavy (non-hydrogen) atoms. The van der Waals surface area contributed by atoms with Gasteiger partial charge in [-0.3, -0.25) is 15.1 Å². The number of aryl methyl sites for hydroxylation is 1. The summed E-state index contributed by atoms with van der Waals surface area (Å²) in [4.78, 5) is 13.2. The summed E-state index contributed by atoms with van der Waals surface area (Å²) < 4.78 is 40.2.